The van der Waals surface area contributed by atoms with Crippen molar-refractivity contribution in [2.24, 2.45) is 5.92 Å². The van der Waals surface area contributed by atoms with Crippen LogP contribution in [0.4, 0.5) is 14.5 Å². The summed E-state index contributed by atoms with van der Waals surface area (Å²) in [5.41, 5.74) is 0.583. The number of sulfonamides is 1. The van der Waals surface area contributed by atoms with Crippen LogP contribution in [-0.4, -0.2) is 43.0 Å². The third-order valence-corrected chi connectivity index (χ3v) is 7.12. The van der Waals surface area contributed by atoms with Crippen LogP contribution in [0.1, 0.15) is 12.8 Å². The Labute approximate surface area is 166 Å². The molecule has 1 aromatic heterocycles. The highest BCUT2D eigenvalue weighted by Crippen LogP contribution is 2.26. The Balaban J connectivity index is 1.61. The minimum absolute atomic E-state index is 0.128. The standard InChI is InChI=1S/C18H19F2N3O3S2/c1-27-17-5-2-13(11-21-17)22-18(24)12-6-8-23(9-7-12)28(25,26)14-3-4-15(19)16(20)10-14/h2-5,10-12H,6-9H2,1H3,(H,22,24). The molecule has 1 saturated heterocycles. The molecule has 150 valence electrons. The van der Waals surface area contributed by atoms with Crippen LogP contribution in [0, 0.1) is 17.6 Å². The second kappa shape index (κ2) is 8.54. The van der Waals surface area contributed by atoms with E-state index in [-0.39, 0.29) is 29.8 Å². The molecule has 0 saturated carbocycles. The fraction of sp³-hybridized carbons (Fsp3) is 0.333. The summed E-state index contributed by atoms with van der Waals surface area (Å²) in [6.45, 7) is 0.256. The van der Waals surface area contributed by atoms with Gasteiger partial charge in [0, 0.05) is 19.0 Å². The summed E-state index contributed by atoms with van der Waals surface area (Å²) in [6.07, 6.45) is 4.16. The molecular weight excluding hydrogens is 408 g/mol. The first kappa shape index (κ1) is 20.7. The Hall–Kier alpha value is -2.04. The van der Waals surface area contributed by atoms with E-state index in [0.29, 0.717) is 24.6 Å². The quantitative estimate of drug-likeness (QED) is 0.742. The number of anilines is 1. The molecule has 6 nitrogen and oxygen atoms in total. The monoisotopic (exact) mass is 427 g/mol. The lowest BCUT2D eigenvalue weighted by atomic mass is 9.97. The van der Waals surface area contributed by atoms with E-state index < -0.39 is 21.7 Å². The second-order valence-corrected chi connectivity index (χ2v) is 9.10. The van der Waals surface area contributed by atoms with Gasteiger partial charge in [0.25, 0.3) is 0 Å². The van der Waals surface area contributed by atoms with Crippen LogP contribution < -0.4 is 5.32 Å². The first-order valence-corrected chi connectivity index (χ1v) is 11.2. The van der Waals surface area contributed by atoms with Gasteiger partial charge in [0.05, 0.1) is 21.8 Å². The largest absolute Gasteiger partial charge is 0.324 e. The van der Waals surface area contributed by atoms with Crippen LogP contribution >= 0.6 is 11.8 Å². The number of amides is 1. The molecule has 10 heteroatoms. The number of carbonyl (C=O) groups is 1. The first-order valence-electron chi connectivity index (χ1n) is 8.57. The van der Waals surface area contributed by atoms with Crippen molar-refractivity contribution in [3.63, 3.8) is 0 Å². The highest BCUT2D eigenvalue weighted by Gasteiger charge is 2.32. The number of nitrogens with one attached hydrogen (secondary N) is 1. The average molecular weight is 427 g/mol. The highest BCUT2D eigenvalue weighted by atomic mass is 32.2. The molecule has 0 unspecified atom stereocenters. The molecule has 0 atom stereocenters. The Bertz CT molecular complexity index is 961. The van der Waals surface area contributed by atoms with Crippen LogP contribution in [0.2, 0.25) is 0 Å². The van der Waals surface area contributed by atoms with Crippen molar-refractivity contribution < 1.29 is 22.0 Å². The number of pyridine rings is 1. The number of aromatic nitrogens is 1. The van der Waals surface area contributed by atoms with Crippen molar-refractivity contribution in [1.29, 1.82) is 0 Å². The summed E-state index contributed by atoms with van der Waals surface area (Å²) in [5, 5.41) is 3.63. The van der Waals surface area contributed by atoms with Crippen molar-refractivity contribution in [3.05, 3.63) is 48.2 Å². The lowest BCUT2D eigenvalue weighted by Crippen LogP contribution is -2.41. The lowest BCUT2D eigenvalue weighted by molar-refractivity contribution is -0.120. The fourth-order valence-electron chi connectivity index (χ4n) is 2.96. The van der Waals surface area contributed by atoms with Crippen LogP contribution in [0.5, 0.6) is 0 Å². The van der Waals surface area contributed by atoms with E-state index >= 15 is 0 Å². The highest BCUT2D eigenvalue weighted by molar-refractivity contribution is 7.98. The zero-order valence-electron chi connectivity index (χ0n) is 15.1. The molecule has 1 fully saturated rings. The van der Waals surface area contributed by atoms with Gasteiger partial charge in [0.2, 0.25) is 15.9 Å². The van der Waals surface area contributed by atoms with E-state index in [0.717, 1.165) is 17.2 Å². The van der Waals surface area contributed by atoms with E-state index in [9.17, 15) is 22.0 Å². The maximum Gasteiger partial charge on any atom is 0.243 e. The summed E-state index contributed by atoms with van der Waals surface area (Å²) < 4.78 is 52.8. The fourth-order valence-corrected chi connectivity index (χ4v) is 4.81. The van der Waals surface area contributed by atoms with Crippen LogP contribution in [0.3, 0.4) is 0 Å². The van der Waals surface area contributed by atoms with Crippen LogP contribution in [0.15, 0.2) is 46.5 Å². The molecular formula is C18H19F2N3O3S2. The number of carbonyl (C=O) groups excluding carboxylic acids is 1. The normalized spacial score (nSPS) is 16.1. The average Bonchev–Trinajstić information content (AvgIpc) is 2.70. The molecule has 3 rings (SSSR count). The number of thioether (sulfide) groups is 1. The zero-order chi connectivity index (χ0) is 20.3. The Kier molecular flexibility index (Phi) is 6.31. The summed E-state index contributed by atoms with van der Waals surface area (Å²) in [6, 6.07) is 6.07. The molecule has 0 radical (unpaired) electrons. The predicted octanol–water partition coefficient (Wildman–Crippen LogP) is 3.12. The number of rotatable bonds is 5. The second-order valence-electron chi connectivity index (χ2n) is 6.33. The predicted molar refractivity (Wildman–Crippen MR) is 102 cm³/mol. The van der Waals surface area contributed by atoms with Gasteiger partial charge < -0.3 is 5.32 Å². The first-order chi connectivity index (χ1) is 13.3. The number of hydrogen-bond acceptors (Lipinski definition) is 5. The third kappa shape index (κ3) is 4.50. The van der Waals surface area contributed by atoms with Crippen molar-refractivity contribution in [2.75, 3.05) is 24.7 Å². The molecule has 0 spiro atoms. The minimum atomic E-state index is -3.93. The van der Waals surface area contributed by atoms with E-state index in [1.807, 2.05) is 6.26 Å². The zero-order valence-corrected chi connectivity index (χ0v) is 16.7. The molecule has 2 aromatic rings. The van der Waals surface area contributed by atoms with Crippen molar-refractivity contribution >= 4 is 33.4 Å². The van der Waals surface area contributed by atoms with Crippen molar-refractivity contribution in [2.45, 2.75) is 22.8 Å². The SMILES string of the molecule is CSc1ccc(NC(=O)C2CCN(S(=O)(=O)c3ccc(F)c(F)c3)CC2)cn1. The Morgan fingerprint density at radius 3 is 2.46 bits per heavy atom. The third-order valence-electron chi connectivity index (χ3n) is 4.57. The van der Waals surface area contributed by atoms with Crippen molar-refractivity contribution in [3.8, 4) is 0 Å². The van der Waals surface area contributed by atoms with E-state index in [2.05, 4.69) is 10.3 Å². The van der Waals surface area contributed by atoms with Gasteiger partial charge in [-0.3, -0.25) is 4.79 Å². The molecule has 2 heterocycles. The van der Waals surface area contributed by atoms with Gasteiger partial charge in [0.15, 0.2) is 11.6 Å². The van der Waals surface area contributed by atoms with E-state index in [1.165, 1.54) is 16.1 Å². The Morgan fingerprint density at radius 1 is 1.18 bits per heavy atom. The van der Waals surface area contributed by atoms with E-state index in [1.54, 1.807) is 18.3 Å². The Morgan fingerprint density at radius 2 is 1.89 bits per heavy atom. The van der Waals surface area contributed by atoms with Gasteiger partial charge in [-0.25, -0.2) is 22.2 Å². The molecule has 1 N–H and O–H groups in total. The van der Waals surface area contributed by atoms with Gasteiger partial charge in [-0.15, -0.1) is 11.8 Å². The molecule has 0 aliphatic carbocycles. The van der Waals surface area contributed by atoms with Gasteiger partial charge in [-0.05, 0) is 49.4 Å². The molecule has 1 aliphatic heterocycles. The number of hydrogen-bond donors (Lipinski definition) is 1. The minimum Gasteiger partial charge on any atom is -0.324 e. The maximum absolute atomic E-state index is 13.4. The molecule has 1 amide bonds. The van der Waals surface area contributed by atoms with Gasteiger partial charge in [-0.2, -0.15) is 4.31 Å². The smallest absolute Gasteiger partial charge is 0.243 e. The summed E-state index contributed by atoms with van der Waals surface area (Å²) in [7, 11) is -3.93. The van der Waals surface area contributed by atoms with Crippen molar-refractivity contribution in [1.82, 2.24) is 9.29 Å². The van der Waals surface area contributed by atoms with Gasteiger partial charge in [0.1, 0.15) is 0 Å². The summed E-state index contributed by atoms with van der Waals surface area (Å²) in [4.78, 5) is 16.3. The van der Waals surface area contributed by atoms with Gasteiger partial charge >= 0.3 is 0 Å². The summed E-state index contributed by atoms with van der Waals surface area (Å²) in [5.74, 6) is -2.84. The molecule has 1 aliphatic rings. The van der Waals surface area contributed by atoms with E-state index in [4.69, 9.17) is 0 Å². The number of nitrogens with zero attached hydrogens (tertiary/aromatic N) is 2. The number of halogens is 2. The topological polar surface area (TPSA) is 79.4 Å². The van der Waals surface area contributed by atoms with Crippen LogP contribution in [-0.2, 0) is 14.8 Å². The van der Waals surface area contributed by atoms with Gasteiger partial charge in [-0.1, -0.05) is 0 Å². The molecule has 1 aromatic carbocycles. The molecule has 0 bridgehead atoms. The molecule has 28 heavy (non-hydrogen) atoms. The van der Waals surface area contributed by atoms with Crippen LogP contribution in [0.25, 0.3) is 0 Å². The maximum atomic E-state index is 13.4. The number of benzene rings is 1. The number of piperidine rings is 1. The lowest BCUT2D eigenvalue weighted by Gasteiger charge is -2.30. The summed E-state index contributed by atoms with van der Waals surface area (Å²) >= 11 is 1.50.